The molecule has 58 heavy (non-hydrogen) atoms. The summed E-state index contributed by atoms with van der Waals surface area (Å²) in [6.45, 7) is 0. The average molecular weight is 795 g/mol. The molecule has 4 aromatic heterocycles. The zero-order valence-electron chi connectivity index (χ0n) is 30.8. The lowest BCUT2D eigenvalue weighted by Gasteiger charge is -2.10. The van der Waals surface area contributed by atoms with Crippen molar-refractivity contribution in [3.8, 4) is 59.7 Å². The van der Waals surface area contributed by atoms with Gasteiger partial charge in [-0.2, -0.15) is 0 Å². The van der Waals surface area contributed by atoms with Crippen LogP contribution in [0.15, 0.2) is 182 Å². The van der Waals surface area contributed by atoms with Crippen molar-refractivity contribution < 1.29 is 0 Å². The van der Waals surface area contributed by atoms with Gasteiger partial charge in [-0.05, 0) is 119 Å². The summed E-state index contributed by atoms with van der Waals surface area (Å²) in [5.74, 6) is 0. The van der Waals surface area contributed by atoms with Crippen molar-refractivity contribution in [2.45, 2.75) is 0 Å². The molecule has 12 rings (SSSR count). The maximum atomic E-state index is 5.30. The first kappa shape index (κ1) is 33.4. The molecule has 0 aliphatic heterocycles. The highest BCUT2D eigenvalue weighted by atomic mass is 32.1. The van der Waals surface area contributed by atoms with Gasteiger partial charge in [-0.3, -0.25) is 0 Å². The lowest BCUT2D eigenvalue weighted by atomic mass is 9.94. The molecule has 0 amide bonds. The first-order chi connectivity index (χ1) is 28.7. The minimum absolute atomic E-state index is 1.00. The minimum atomic E-state index is 1.00. The van der Waals surface area contributed by atoms with E-state index in [-0.39, 0.29) is 0 Å². The van der Waals surface area contributed by atoms with Crippen LogP contribution in [-0.4, -0.2) is 19.5 Å². The summed E-state index contributed by atoms with van der Waals surface area (Å²) in [7, 11) is 0. The van der Waals surface area contributed by atoms with E-state index in [1.807, 2.05) is 6.07 Å². The van der Waals surface area contributed by atoms with E-state index in [9.17, 15) is 0 Å². The summed E-state index contributed by atoms with van der Waals surface area (Å²) in [6, 6.07) is 65.1. The zero-order valence-corrected chi connectivity index (χ0v) is 33.3. The monoisotopic (exact) mass is 794 g/mol. The minimum Gasteiger partial charge on any atom is -0.309 e. The van der Waals surface area contributed by atoms with E-state index < -0.39 is 0 Å². The highest BCUT2D eigenvalue weighted by Gasteiger charge is 2.19. The van der Waals surface area contributed by atoms with Crippen LogP contribution in [0.2, 0.25) is 0 Å². The number of benzene rings is 8. The third-order valence-corrected chi connectivity index (χ3v) is 14.2. The highest BCUT2D eigenvalue weighted by molar-refractivity contribution is 7.22. The molecule has 0 saturated carbocycles. The van der Waals surface area contributed by atoms with Crippen molar-refractivity contribution in [2.24, 2.45) is 0 Å². The van der Waals surface area contributed by atoms with Crippen LogP contribution >= 0.6 is 34.0 Å². The van der Waals surface area contributed by atoms with Crippen LogP contribution in [0.1, 0.15) is 0 Å². The molecular formula is C51H30N4S3. The van der Waals surface area contributed by atoms with Crippen molar-refractivity contribution in [1.82, 2.24) is 19.5 Å². The van der Waals surface area contributed by atoms with E-state index in [0.717, 1.165) is 65.0 Å². The molecule has 0 unspecified atom stereocenters. The van der Waals surface area contributed by atoms with E-state index >= 15 is 0 Å². The predicted molar refractivity (Wildman–Crippen MR) is 247 cm³/mol. The number of rotatable bonds is 6. The van der Waals surface area contributed by atoms with Crippen LogP contribution < -0.4 is 0 Å². The molecule has 4 nitrogen and oxygen atoms in total. The van der Waals surface area contributed by atoms with E-state index in [4.69, 9.17) is 15.0 Å². The molecule has 0 N–H and O–H groups in total. The van der Waals surface area contributed by atoms with Gasteiger partial charge in [-0.25, -0.2) is 15.0 Å². The van der Waals surface area contributed by atoms with Crippen LogP contribution in [0.5, 0.6) is 0 Å². The van der Waals surface area contributed by atoms with E-state index in [1.54, 1.807) is 34.0 Å². The van der Waals surface area contributed by atoms with Gasteiger partial charge >= 0.3 is 0 Å². The SMILES string of the molecule is c1ccc(-c2cc3nc(-c4ccc5c(c4)c4cc(-c6nc7ccccc7s6)ccc4n5-c4ccc(-c5nc6ccccc6s5)cc4)sc3cc2-c2ccccc2)cc1. The number of aromatic nitrogens is 4. The van der Waals surface area contributed by atoms with Crippen molar-refractivity contribution >= 4 is 86.5 Å². The van der Waals surface area contributed by atoms with Crippen LogP contribution in [-0.2, 0) is 0 Å². The van der Waals surface area contributed by atoms with Crippen LogP contribution in [0.4, 0.5) is 0 Å². The Morgan fingerprint density at radius 3 is 1.33 bits per heavy atom. The fourth-order valence-corrected chi connectivity index (χ4v) is 11.0. The fourth-order valence-electron chi connectivity index (χ4n) is 8.12. The van der Waals surface area contributed by atoms with Gasteiger partial charge in [0.1, 0.15) is 15.0 Å². The fraction of sp³-hybridized carbons (Fsp3) is 0. The maximum Gasteiger partial charge on any atom is 0.124 e. The number of para-hydroxylation sites is 2. The van der Waals surface area contributed by atoms with E-state index in [2.05, 4.69) is 180 Å². The Bertz CT molecular complexity index is 3360. The first-order valence-corrected chi connectivity index (χ1v) is 21.6. The molecule has 272 valence electrons. The van der Waals surface area contributed by atoms with Crippen LogP contribution in [0.25, 0.3) is 112 Å². The molecule has 8 aromatic carbocycles. The zero-order chi connectivity index (χ0) is 38.2. The third kappa shape index (κ3) is 5.58. The van der Waals surface area contributed by atoms with Gasteiger partial charge in [-0.1, -0.05) is 84.9 Å². The molecule has 0 spiro atoms. The highest BCUT2D eigenvalue weighted by Crippen LogP contribution is 2.43. The molecule has 4 heterocycles. The Balaban J connectivity index is 1.02. The largest absolute Gasteiger partial charge is 0.309 e. The molecule has 12 aromatic rings. The van der Waals surface area contributed by atoms with Gasteiger partial charge in [-0.15, -0.1) is 34.0 Å². The second-order valence-corrected chi connectivity index (χ2v) is 17.5. The lowest BCUT2D eigenvalue weighted by molar-refractivity contribution is 1.18. The quantitative estimate of drug-likeness (QED) is 0.168. The van der Waals surface area contributed by atoms with Crippen molar-refractivity contribution in [3.63, 3.8) is 0 Å². The Kier molecular flexibility index (Phi) is 7.72. The standard InChI is InChI=1S/C51H30N4S3/c1-3-11-31(12-4-1)37-29-43-48(30-38(37)32-13-5-2-6-14-32)58-51(54-43)35-22-26-45-40(28-35)39-27-34(50-53-42-16-8-10-18-47(42)57-50)21-25-44(39)55(45)36-23-19-33(20-24-36)49-52-41-15-7-9-17-46(41)56-49/h1-30H. The van der Waals surface area contributed by atoms with Crippen LogP contribution in [0, 0.1) is 0 Å². The molecule has 0 aliphatic rings. The Labute approximate surface area is 345 Å². The molecule has 0 saturated heterocycles. The van der Waals surface area contributed by atoms with Gasteiger partial charge < -0.3 is 4.57 Å². The topological polar surface area (TPSA) is 43.6 Å². The number of hydrogen-bond donors (Lipinski definition) is 0. The van der Waals surface area contributed by atoms with Crippen molar-refractivity contribution in [1.29, 1.82) is 0 Å². The summed E-state index contributed by atoms with van der Waals surface area (Å²) in [5.41, 5.74) is 14.6. The predicted octanol–water partition coefficient (Wildman–Crippen LogP) is 14.9. The van der Waals surface area contributed by atoms with Crippen molar-refractivity contribution in [3.05, 3.63) is 182 Å². The van der Waals surface area contributed by atoms with Gasteiger partial charge in [0.05, 0.1) is 41.7 Å². The Morgan fingerprint density at radius 1 is 0.328 bits per heavy atom. The van der Waals surface area contributed by atoms with Crippen LogP contribution in [0.3, 0.4) is 0 Å². The second kappa shape index (κ2) is 13.4. The molecule has 7 heteroatoms. The summed E-state index contributed by atoms with van der Waals surface area (Å²) >= 11 is 5.22. The Morgan fingerprint density at radius 2 is 0.776 bits per heavy atom. The molecule has 0 radical (unpaired) electrons. The van der Waals surface area contributed by atoms with Gasteiger partial charge in [0.2, 0.25) is 0 Å². The van der Waals surface area contributed by atoms with E-state index in [1.165, 1.54) is 47.1 Å². The number of nitrogens with zero attached hydrogens (tertiary/aromatic N) is 4. The van der Waals surface area contributed by atoms with Gasteiger partial charge in [0.15, 0.2) is 0 Å². The lowest BCUT2D eigenvalue weighted by Crippen LogP contribution is -1.94. The summed E-state index contributed by atoms with van der Waals surface area (Å²) < 4.78 is 5.94. The van der Waals surface area contributed by atoms with Crippen molar-refractivity contribution in [2.75, 3.05) is 0 Å². The van der Waals surface area contributed by atoms with E-state index in [0.29, 0.717) is 0 Å². The number of thiazole rings is 3. The summed E-state index contributed by atoms with van der Waals surface area (Å²) in [6.07, 6.45) is 0. The second-order valence-electron chi connectivity index (χ2n) is 14.4. The molecular weight excluding hydrogens is 765 g/mol. The average Bonchev–Trinajstić information content (AvgIpc) is 4.09. The maximum absolute atomic E-state index is 5.30. The Hall–Kier alpha value is -6.77. The molecule has 0 bridgehead atoms. The number of fused-ring (bicyclic) bond motifs is 6. The van der Waals surface area contributed by atoms with Gasteiger partial charge in [0, 0.05) is 33.2 Å². The first-order valence-electron chi connectivity index (χ1n) is 19.2. The van der Waals surface area contributed by atoms with Gasteiger partial charge in [0.25, 0.3) is 0 Å². The number of hydrogen-bond acceptors (Lipinski definition) is 6. The normalized spacial score (nSPS) is 11.8. The molecule has 0 atom stereocenters. The smallest absolute Gasteiger partial charge is 0.124 e. The summed E-state index contributed by atoms with van der Waals surface area (Å²) in [5, 5.41) is 5.42. The molecule has 0 aliphatic carbocycles. The third-order valence-electron chi connectivity index (χ3n) is 10.9. The summed E-state index contributed by atoms with van der Waals surface area (Å²) in [4.78, 5) is 15.3. The molecule has 0 fully saturated rings.